The third-order valence-corrected chi connectivity index (χ3v) is 2.69. The number of rotatable bonds is 5. The monoisotopic (exact) mass is 242 g/mol. The molecule has 0 radical (unpaired) electrons. The molecule has 0 aliphatic rings. The second kappa shape index (κ2) is 5.82. The van der Waals surface area contributed by atoms with Crippen molar-refractivity contribution in [1.29, 1.82) is 0 Å². The summed E-state index contributed by atoms with van der Waals surface area (Å²) < 4.78 is 0. The fourth-order valence-electron chi connectivity index (χ4n) is 1.79. The Kier molecular flexibility index (Phi) is 3.91. The molecule has 1 atom stereocenters. The highest BCUT2D eigenvalue weighted by Gasteiger charge is 2.15. The van der Waals surface area contributed by atoms with Crippen molar-refractivity contribution in [3.05, 3.63) is 76.1 Å². The third kappa shape index (κ3) is 3.31. The molecular formula is C14H14N2O2. The van der Waals surface area contributed by atoms with Crippen LogP contribution in [-0.4, -0.2) is 16.5 Å². The van der Waals surface area contributed by atoms with E-state index in [1.165, 1.54) is 0 Å². The Morgan fingerprint density at radius 2 is 2.00 bits per heavy atom. The summed E-state index contributed by atoms with van der Waals surface area (Å²) in [5.74, 6) is -0.227. The number of nitrogens with zero attached hydrogens (tertiary/aromatic N) is 1. The van der Waals surface area contributed by atoms with E-state index < -0.39 is 0 Å². The molecule has 1 N–H and O–H groups in total. The van der Waals surface area contributed by atoms with Gasteiger partial charge in [-0.25, -0.2) is 0 Å². The Morgan fingerprint density at radius 3 is 2.61 bits per heavy atom. The highest BCUT2D eigenvalue weighted by atomic mass is 16.6. The molecule has 4 nitrogen and oxygen atoms in total. The van der Waals surface area contributed by atoms with Gasteiger partial charge in [0.15, 0.2) is 0 Å². The number of H-pyrrole nitrogens is 1. The van der Waals surface area contributed by atoms with Crippen LogP contribution in [0.5, 0.6) is 0 Å². The van der Waals surface area contributed by atoms with Crippen LogP contribution in [0.25, 0.3) is 6.08 Å². The van der Waals surface area contributed by atoms with Gasteiger partial charge in [0.05, 0.1) is 5.92 Å². The van der Waals surface area contributed by atoms with Gasteiger partial charge >= 0.3 is 0 Å². The predicted molar refractivity (Wildman–Crippen MR) is 70.9 cm³/mol. The molecule has 4 heteroatoms. The molecule has 18 heavy (non-hydrogen) atoms. The van der Waals surface area contributed by atoms with Crippen molar-refractivity contribution in [2.24, 2.45) is 0 Å². The van der Waals surface area contributed by atoms with Gasteiger partial charge in [0.1, 0.15) is 0 Å². The van der Waals surface area contributed by atoms with E-state index in [1.807, 2.05) is 54.6 Å². The van der Waals surface area contributed by atoms with Gasteiger partial charge in [-0.15, -0.1) is 0 Å². The van der Waals surface area contributed by atoms with E-state index in [9.17, 15) is 10.1 Å². The van der Waals surface area contributed by atoms with Crippen molar-refractivity contribution in [2.45, 2.75) is 5.92 Å². The molecule has 2 rings (SSSR count). The van der Waals surface area contributed by atoms with Gasteiger partial charge in [0.25, 0.3) is 0 Å². The van der Waals surface area contributed by atoms with Crippen molar-refractivity contribution in [3.63, 3.8) is 0 Å². The fraction of sp³-hybridized carbons (Fsp3) is 0.143. The number of nitro groups is 1. The van der Waals surface area contributed by atoms with Gasteiger partial charge < -0.3 is 4.98 Å². The highest BCUT2D eigenvalue weighted by Crippen LogP contribution is 2.17. The Bertz CT molecular complexity index is 518. The summed E-state index contributed by atoms with van der Waals surface area (Å²) in [6, 6.07) is 13.5. The van der Waals surface area contributed by atoms with Crippen LogP contribution in [-0.2, 0) is 0 Å². The van der Waals surface area contributed by atoms with Crippen LogP contribution in [0.1, 0.15) is 17.2 Å². The average molecular weight is 242 g/mol. The number of hydrogen-bond acceptors (Lipinski definition) is 2. The number of aromatic amines is 1. The summed E-state index contributed by atoms with van der Waals surface area (Å²) in [6.07, 6.45) is 5.55. The van der Waals surface area contributed by atoms with Crippen LogP contribution in [0.2, 0.25) is 0 Å². The van der Waals surface area contributed by atoms with E-state index in [1.54, 1.807) is 6.20 Å². The summed E-state index contributed by atoms with van der Waals surface area (Å²) in [6.45, 7) is -0.107. The SMILES string of the molecule is O=[N+]([O-])CC(/C=C/c1ccccc1)c1ccc[nH]1. The zero-order valence-electron chi connectivity index (χ0n) is 9.82. The molecule has 1 aromatic carbocycles. The van der Waals surface area contributed by atoms with Crippen LogP contribution in [0.4, 0.5) is 0 Å². The summed E-state index contributed by atoms with van der Waals surface area (Å²) in [4.78, 5) is 13.4. The Balaban J connectivity index is 2.15. The zero-order chi connectivity index (χ0) is 12.8. The van der Waals surface area contributed by atoms with E-state index in [0.717, 1.165) is 11.3 Å². The summed E-state index contributed by atoms with van der Waals surface area (Å²) in [7, 11) is 0. The number of benzene rings is 1. The molecule has 0 amide bonds. The summed E-state index contributed by atoms with van der Waals surface area (Å²) >= 11 is 0. The molecule has 1 unspecified atom stereocenters. The smallest absolute Gasteiger partial charge is 0.215 e. The van der Waals surface area contributed by atoms with Crippen LogP contribution < -0.4 is 0 Å². The van der Waals surface area contributed by atoms with Gasteiger partial charge in [-0.3, -0.25) is 10.1 Å². The summed E-state index contributed by atoms with van der Waals surface area (Å²) in [5.41, 5.74) is 1.90. The minimum absolute atomic E-state index is 0.107. The fourth-order valence-corrected chi connectivity index (χ4v) is 1.79. The first-order valence-electron chi connectivity index (χ1n) is 5.74. The molecule has 0 aliphatic heterocycles. The van der Waals surface area contributed by atoms with Gasteiger partial charge in [-0.05, 0) is 17.7 Å². The van der Waals surface area contributed by atoms with Crippen LogP contribution in [0.15, 0.2) is 54.7 Å². The van der Waals surface area contributed by atoms with E-state index in [0.29, 0.717) is 0 Å². The summed E-state index contributed by atoms with van der Waals surface area (Å²) in [5, 5.41) is 10.7. The zero-order valence-corrected chi connectivity index (χ0v) is 9.82. The van der Waals surface area contributed by atoms with Gasteiger partial charge in [-0.1, -0.05) is 42.5 Å². The maximum atomic E-state index is 10.7. The van der Waals surface area contributed by atoms with Crippen LogP contribution in [0, 0.1) is 10.1 Å². The largest absolute Gasteiger partial charge is 0.364 e. The van der Waals surface area contributed by atoms with Crippen molar-refractivity contribution in [3.8, 4) is 0 Å². The molecule has 0 aliphatic carbocycles. The second-order valence-corrected chi connectivity index (χ2v) is 4.02. The molecule has 0 fully saturated rings. The van der Waals surface area contributed by atoms with Crippen molar-refractivity contribution >= 4 is 6.08 Å². The van der Waals surface area contributed by atoms with Crippen LogP contribution in [0.3, 0.4) is 0 Å². The second-order valence-electron chi connectivity index (χ2n) is 4.02. The first-order chi connectivity index (χ1) is 8.75. The lowest BCUT2D eigenvalue weighted by Crippen LogP contribution is -2.10. The van der Waals surface area contributed by atoms with Crippen molar-refractivity contribution < 1.29 is 4.92 Å². The minimum atomic E-state index is -0.291. The molecular weight excluding hydrogens is 228 g/mol. The molecule has 0 bridgehead atoms. The van der Waals surface area contributed by atoms with E-state index >= 15 is 0 Å². The Hall–Kier alpha value is -2.36. The first-order valence-corrected chi connectivity index (χ1v) is 5.74. The molecule has 0 spiro atoms. The van der Waals surface area contributed by atoms with Gasteiger partial charge in [0.2, 0.25) is 6.54 Å². The van der Waals surface area contributed by atoms with Crippen LogP contribution >= 0.6 is 0 Å². The number of aromatic nitrogens is 1. The quantitative estimate of drug-likeness (QED) is 0.647. The van der Waals surface area contributed by atoms with E-state index in [4.69, 9.17) is 0 Å². The maximum absolute atomic E-state index is 10.7. The lowest BCUT2D eigenvalue weighted by atomic mass is 10.0. The first kappa shape index (κ1) is 12.1. The molecule has 2 aromatic rings. The average Bonchev–Trinajstić information content (AvgIpc) is 2.89. The van der Waals surface area contributed by atoms with Gasteiger partial charge in [0, 0.05) is 16.8 Å². The van der Waals surface area contributed by atoms with Crippen molar-refractivity contribution in [1.82, 2.24) is 4.98 Å². The molecule has 1 aromatic heterocycles. The lowest BCUT2D eigenvalue weighted by Gasteiger charge is -2.05. The third-order valence-electron chi connectivity index (χ3n) is 2.69. The Labute approximate surface area is 105 Å². The normalized spacial score (nSPS) is 12.7. The standard InChI is InChI=1S/C14H14N2O2/c17-16(18)11-13(14-7-4-10-15-14)9-8-12-5-2-1-3-6-12/h1-10,13,15H,11H2/b9-8+. The molecule has 0 saturated carbocycles. The topological polar surface area (TPSA) is 58.9 Å². The molecule has 0 saturated heterocycles. The minimum Gasteiger partial charge on any atom is -0.364 e. The number of nitrogens with one attached hydrogen (secondary N) is 1. The highest BCUT2D eigenvalue weighted by molar-refractivity contribution is 5.50. The lowest BCUT2D eigenvalue weighted by molar-refractivity contribution is -0.481. The van der Waals surface area contributed by atoms with E-state index in [2.05, 4.69) is 4.98 Å². The Morgan fingerprint density at radius 1 is 1.22 bits per heavy atom. The van der Waals surface area contributed by atoms with Crippen molar-refractivity contribution in [2.75, 3.05) is 6.54 Å². The number of hydrogen-bond donors (Lipinski definition) is 1. The maximum Gasteiger partial charge on any atom is 0.215 e. The van der Waals surface area contributed by atoms with E-state index in [-0.39, 0.29) is 17.4 Å². The molecule has 92 valence electrons. The predicted octanol–water partition coefficient (Wildman–Crippen LogP) is 3.09. The molecule has 1 heterocycles. The van der Waals surface area contributed by atoms with Gasteiger partial charge in [-0.2, -0.15) is 0 Å².